The molecular weight excluding hydrogens is 226 g/mol. The van der Waals surface area contributed by atoms with E-state index in [1.54, 1.807) is 32.2 Å². The Morgan fingerprint density at radius 1 is 1.50 bits per heavy atom. The van der Waals surface area contributed by atoms with Gasteiger partial charge in [-0.3, -0.25) is 0 Å². The van der Waals surface area contributed by atoms with E-state index in [0.29, 0.717) is 17.1 Å². The van der Waals surface area contributed by atoms with Gasteiger partial charge < -0.3 is 10.5 Å². The van der Waals surface area contributed by atoms with Crippen molar-refractivity contribution in [3.05, 3.63) is 23.8 Å². The van der Waals surface area contributed by atoms with Crippen molar-refractivity contribution in [1.82, 2.24) is 0 Å². The molecule has 1 heterocycles. The second-order valence-electron chi connectivity index (χ2n) is 4.08. The Balaban J connectivity index is 2.60. The predicted molar refractivity (Wildman–Crippen MR) is 61.3 cm³/mol. The fourth-order valence-electron chi connectivity index (χ4n) is 2.15. The molecular formula is C11H15NO3S. The fraction of sp³-hybridized carbons (Fsp3) is 0.455. The number of sulfone groups is 1. The lowest BCUT2D eigenvalue weighted by Gasteiger charge is -2.12. The molecule has 0 aromatic heterocycles. The van der Waals surface area contributed by atoms with Gasteiger partial charge in [0, 0.05) is 11.6 Å². The Hall–Kier alpha value is -1.07. The molecule has 0 amide bonds. The van der Waals surface area contributed by atoms with Gasteiger partial charge in [0.05, 0.1) is 17.3 Å². The van der Waals surface area contributed by atoms with Crippen LogP contribution in [-0.4, -0.2) is 26.8 Å². The number of fused-ring (bicyclic) bond motifs is 1. The number of hydrogen-bond donors (Lipinski definition) is 1. The van der Waals surface area contributed by atoms with Crippen LogP contribution < -0.4 is 10.5 Å². The molecule has 1 aromatic rings. The van der Waals surface area contributed by atoms with Gasteiger partial charge in [0.25, 0.3) is 0 Å². The van der Waals surface area contributed by atoms with Crippen molar-refractivity contribution in [1.29, 1.82) is 0 Å². The molecule has 0 saturated heterocycles. The highest BCUT2D eigenvalue weighted by Gasteiger charge is 2.40. The van der Waals surface area contributed by atoms with Crippen LogP contribution in [0.5, 0.6) is 5.75 Å². The Morgan fingerprint density at radius 3 is 2.75 bits per heavy atom. The molecule has 16 heavy (non-hydrogen) atoms. The van der Waals surface area contributed by atoms with Gasteiger partial charge in [-0.05, 0) is 25.5 Å². The van der Waals surface area contributed by atoms with Gasteiger partial charge in [0.15, 0.2) is 9.84 Å². The minimum atomic E-state index is -3.28. The van der Waals surface area contributed by atoms with Crippen molar-refractivity contribution in [3.63, 3.8) is 0 Å². The van der Waals surface area contributed by atoms with Gasteiger partial charge in [-0.1, -0.05) is 6.07 Å². The normalized spacial score (nSPS) is 23.8. The third kappa shape index (κ3) is 1.51. The van der Waals surface area contributed by atoms with Gasteiger partial charge in [-0.25, -0.2) is 8.42 Å². The topological polar surface area (TPSA) is 69.4 Å². The minimum Gasteiger partial charge on any atom is -0.496 e. The molecule has 2 atom stereocenters. The summed E-state index contributed by atoms with van der Waals surface area (Å²) in [4.78, 5) is 0.370. The number of ether oxygens (including phenoxy) is 1. The van der Waals surface area contributed by atoms with Crippen molar-refractivity contribution < 1.29 is 13.2 Å². The summed E-state index contributed by atoms with van der Waals surface area (Å²) in [5.41, 5.74) is 6.48. The molecule has 1 aliphatic heterocycles. The van der Waals surface area contributed by atoms with E-state index in [2.05, 4.69) is 0 Å². The predicted octanol–water partition coefficient (Wildman–Crippen LogP) is 0.741. The molecule has 2 rings (SSSR count). The molecule has 5 heteroatoms. The highest BCUT2D eigenvalue weighted by atomic mass is 32.2. The molecule has 0 saturated carbocycles. The first-order valence-corrected chi connectivity index (χ1v) is 6.68. The summed E-state index contributed by atoms with van der Waals surface area (Å²) in [5.74, 6) is 0.629. The molecule has 0 radical (unpaired) electrons. The monoisotopic (exact) mass is 241 g/mol. The summed E-state index contributed by atoms with van der Waals surface area (Å²) < 4.78 is 29.5. The minimum absolute atomic E-state index is 0.370. The quantitative estimate of drug-likeness (QED) is 0.829. The van der Waals surface area contributed by atoms with Crippen LogP contribution in [-0.2, 0) is 16.3 Å². The Morgan fingerprint density at radius 2 is 2.19 bits per heavy atom. The van der Waals surface area contributed by atoms with E-state index in [9.17, 15) is 8.42 Å². The Bertz CT molecular complexity index is 508. The van der Waals surface area contributed by atoms with Crippen molar-refractivity contribution in [2.24, 2.45) is 5.73 Å². The van der Waals surface area contributed by atoms with Gasteiger partial charge in [0.2, 0.25) is 0 Å². The summed E-state index contributed by atoms with van der Waals surface area (Å²) in [6.07, 6.45) is 0.444. The molecule has 0 bridgehead atoms. The van der Waals surface area contributed by atoms with Crippen LogP contribution in [0, 0.1) is 0 Å². The maximum absolute atomic E-state index is 12.2. The summed E-state index contributed by atoms with van der Waals surface area (Å²) in [7, 11) is -1.74. The zero-order chi connectivity index (χ0) is 11.9. The average molecular weight is 241 g/mol. The number of hydrogen-bond acceptors (Lipinski definition) is 4. The molecule has 0 spiro atoms. The summed E-state index contributed by atoms with van der Waals surface area (Å²) in [6.45, 7) is 1.72. The summed E-state index contributed by atoms with van der Waals surface area (Å²) in [5, 5.41) is -0.529. The molecule has 0 aliphatic carbocycles. The van der Waals surface area contributed by atoms with Crippen molar-refractivity contribution >= 4 is 9.84 Å². The van der Waals surface area contributed by atoms with Crippen LogP contribution in [0.4, 0.5) is 0 Å². The number of methoxy groups -OCH3 is 1. The first-order valence-electron chi connectivity index (χ1n) is 5.14. The standard InChI is InChI=1S/C11H15NO3S/c1-7(12)11-6-8-9(15-2)4-3-5-10(8)16(11,13)14/h3-5,7,11H,6,12H2,1-2H3. The smallest absolute Gasteiger partial charge is 0.183 e. The highest BCUT2D eigenvalue weighted by molar-refractivity contribution is 7.92. The van der Waals surface area contributed by atoms with E-state index in [1.165, 1.54) is 0 Å². The van der Waals surface area contributed by atoms with Crippen LogP contribution in [0.25, 0.3) is 0 Å². The van der Waals surface area contributed by atoms with Crippen LogP contribution in [0.3, 0.4) is 0 Å². The second kappa shape index (κ2) is 3.75. The molecule has 1 aliphatic rings. The molecule has 2 unspecified atom stereocenters. The third-order valence-electron chi connectivity index (χ3n) is 3.01. The number of nitrogens with two attached hydrogens (primary N) is 1. The maximum Gasteiger partial charge on any atom is 0.183 e. The van der Waals surface area contributed by atoms with E-state index >= 15 is 0 Å². The number of rotatable bonds is 2. The summed E-state index contributed by atoms with van der Waals surface area (Å²) >= 11 is 0. The van der Waals surface area contributed by atoms with Gasteiger partial charge in [-0.2, -0.15) is 0 Å². The lowest BCUT2D eigenvalue weighted by Crippen LogP contribution is -2.36. The van der Waals surface area contributed by atoms with Crippen molar-refractivity contribution in [2.75, 3.05) is 7.11 Å². The SMILES string of the molecule is COc1cccc2c1CC(C(C)N)S2(=O)=O. The van der Waals surface area contributed by atoms with Crippen LogP contribution in [0.15, 0.2) is 23.1 Å². The zero-order valence-corrected chi connectivity index (χ0v) is 10.1. The van der Waals surface area contributed by atoms with Crippen molar-refractivity contribution in [2.45, 2.75) is 29.5 Å². The molecule has 4 nitrogen and oxygen atoms in total. The van der Waals surface area contributed by atoms with E-state index in [1.807, 2.05) is 0 Å². The van der Waals surface area contributed by atoms with E-state index in [4.69, 9.17) is 10.5 Å². The first kappa shape index (κ1) is 11.4. The maximum atomic E-state index is 12.2. The second-order valence-corrected chi connectivity index (χ2v) is 6.22. The molecule has 88 valence electrons. The van der Waals surface area contributed by atoms with Crippen LogP contribution in [0.2, 0.25) is 0 Å². The lowest BCUT2D eigenvalue weighted by molar-refractivity contribution is 0.408. The van der Waals surface area contributed by atoms with E-state index in [-0.39, 0.29) is 6.04 Å². The van der Waals surface area contributed by atoms with Gasteiger partial charge in [0.1, 0.15) is 5.75 Å². The van der Waals surface area contributed by atoms with E-state index < -0.39 is 15.1 Å². The van der Waals surface area contributed by atoms with Crippen LogP contribution in [0.1, 0.15) is 12.5 Å². The zero-order valence-electron chi connectivity index (χ0n) is 9.30. The molecule has 1 aromatic carbocycles. The third-order valence-corrected chi connectivity index (χ3v) is 5.40. The van der Waals surface area contributed by atoms with Gasteiger partial charge in [-0.15, -0.1) is 0 Å². The Kier molecular flexibility index (Phi) is 2.67. The lowest BCUT2D eigenvalue weighted by atomic mass is 10.1. The fourth-order valence-corrected chi connectivity index (χ4v) is 4.22. The first-order chi connectivity index (χ1) is 7.48. The average Bonchev–Trinajstić information content (AvgIpc) is 2.51. The number of benzene rings is 1. The highest BCUT2D eigenvalue weighted by Crippen LogP contribution is 2.37. The largest absolute Gasteiger partial charge is 0.496 e. The van der Waals surface area contributed by atoms with E-state index in [0.717, 1.165) is 5.56 Å². The molecule has 2 N–H and O–H groups in total. The van der Waals surface area contributed by atoms with Gasteiger partial charge >= 0.3 is 0 Å². The van der Waals surface area contributed by atoms with Crippen molar-refractivity contribution in [3.8, 4) is 5.75 Å². The molecule has 0 fully saturated rings. The van der Waals surface area contributed by atoms with Crippen LogP contribution >= 0.6 is 0 Å². The summed E-state index contributed by atoms with van der Waals surface area (Å²) in [6, 6.07) is 4.72. The Labute approximate surface area is 95.3 Å².